The molecule has 0 aliphatic rings. The second-order valence-corrected chi connectivity index (χ2v) is 7.42. The Morgan fingerprint density at radius 3 is 2.39 bits per heavy atom. The minimum atomic E-state index is -0.173. The van der Waals surface area contributed by atoms with Crippen LogP contribution in [-0.4, -0.2) is 33.1 Å². The summed E-state index contributed by atoms with van der Waals surface area (Å²) in [6.07, 6.45) is 0.261. The molecule has 0 fully saturated rings. The summed E-state index contributed by atoms with van der Waals surface area (Å²) in [6.45, 7) is 1.95. The highest BCUT2D eigenvalue weighted by Gasteiger charge is 2.11. The van der Waals surface area contributed by atoms with Crippen LogP contribution < -0.4 is 15.4 Å². The summed E-state index contributed by atoms with van der Waals surface area (Å²) < 4.78 is 5.19. The maximum Gasteiger partial charge on any atom is 0.230 e. The molecule has 7 nitrogen and oxygen atoms in total. The number of anilines is 1. The lowest BCUT2D eigenvalue weighted by Crippen LogP contribution is -2.35. The number of fused-ring (bicyclic) bond motifs is 1. The molecule has 2 N–H and O–H groups in total. The quantitative estimate of drug-likeness (QED) is 0.468. The number of nitrogens with one attached hydrogen (secondary N) is 2. The van der Waals surface area contributed by atoms with Gasteiger partial charge in [0.25, 0.3) is 0 Å². The van der Waals surface area contributed by atoms with Gasteiger partial charge in [-0.2, -0.15) is 4.80 Å². The van der Waals surface area contributed by atoms with E-state index in [1.807, 2.05) is 73.7 Å². The summed E-state index contributed by atoms with van der Waals surface area (Å²) in [6, 6.07) is 20.8. The number of ether oxygens (including phenoxy) is 1. The van der Waals surface area contributed by atoms with Gasteiger partial charge in [-0.25, -0.2) is 0 Å². The van der Waals surface area contributed by atoms with Gasteiger partial charge in [0, 0.05) is 5.69 Å². The first kappa shape index (κ1) is 20.5. The summed E-state index contributed by atoms with van der Waals surface area (Å²) in [5.74, 6) is 0.596. The number of carbonyl (C=O) groups is 1. The van der Waals surface area contributed by atoms with Gasteiger partial charge in [-0.15, -0.1) is 10.2 Å². The summed E-state index contributed by atoms with van der Waals surface area (Å²) in [7, 11) is 1.63. The highest BCUT2D eigenvalue weighted by atomic mass is 32.1. The zero-order valence-electron chi connectivity index (χ0n) is 17.1. The molecule has 1 amide bonds. The number of nitrogens with zero attached hydrogens (tertiary/aromatic N) is 3. The van der Waals surface area contributed by atoms with Crippen LogP contribution in [-0.2, 0) is 11.2 Å². The van der Waals surface area contributed by atoms with Crippen molar-refractivity contribution >= 4 is 40.0 Å². The number of thiocarbonyl (C=S) groups is 1. The van der Waals surface area contributed by atoms with E-state index in [0.717, 1.165) is 33.8 Å². The van der Waals surface area contributed by atoms with E-state index in [4.69, 9.17) is 17.0 Å². The minimum Gasteiger partial charge on any atom is -0.497 e. The van der Waals surface area contributed by atoms with E-state index in [1.54, 1.807) is 11.9 Å². The smallest absolute Gasteiger partial charge is 0.230 e. The lowest BCUT2D eigenvalue weighted by Gasteiger charge is -2.11. The van der Waals surface area contributed by atoms with Crippen LogP contribution >= 0.6 is 12.2 Å². The number of aromatic nitrogens is 3. The molecule has 0 saturated carbocycles. The number of hydrogen-bond acceptors (Lipinski definition) is 5. The summed E-state index contributed by atoms with van der Waals surface area (Å²) in [4.78, 5) is 13.8. The van der Waals surface area contributed by atoms with Gasteiger partial charge in [0.1, 0.15) is 16.8 Å². The predicted octanol–water partition coefficient (Wildman–Crippen LogP) is 3.79. The zero-order chi connectivity index (χ0) is 21.8. The monoisotopic (exact) mass is 431 g/mol. The fourth-order valence-electron chi connectivity index (χ4n) is 3.14. The number of hydrogen-bond donors (Lipinski definition) is 2. The van der Waals surface area contributed by atoms with Crippen LogP contribution in [0, 0.1) is 6.92 Å². The van der Waals surface area contributed by atoms with Gasteiger partial charge in [-0.3, -0.25) is 4.79 Å². The van der Waals surface area contributed by atoms with E-state index < -0.39 is 0 Å². The molecule has 0 aliphatic heterocycles. The zero-order valence-corrected chi connectivity index (χ0v) is 17.9. The molecule has 0 saturated heterocycles. The van der Waals surface area contributed by atoms with Gasteiger partial charge >= 0.3 is 0 Å². The predicted molar refractivity (Wildman–Crippen MR) is 125 cm³/mol. The fraction of sp³-hybridized carbons (Fsp3) is 0.130. The van der Waals surface area contributed by atoms with Crippen LogP contribution in [0.5, 0.6) is 5.75 Å². The Morgan fingerprint density at radius 2 is 1.71 bits per heavy atom. The lowest BCUT2D eigenvalue weighted by atomic mass is 10.1. The maximum atomic E-state index is 12.2. The van der Waals surface area contributed by atoms with Crippen molar-refractivity contribution in [1.29, 1.82) is 0 Å². The van der Waals surface area contributed by atoms with E-state index in [2.05, 4.69) is 20.8 Å². The minimum absolute atomic E-state index is 0.173. The number of rotatable bonds is 5. The van der Waals surface area contributed by atoms with E-state index in [1.165, 1.54) is 0 Å². The molecule has 4 rings (SSSR count). The van der Waals surface area contributed by atoms with E-state index in [9.17, 15) is 4.79 Å². The molecule has 0 radical (unpaired) electrons. The maximum absolute atomic E-state index is 12.2. The van der Waals surface area contributed by atoms with Crippen molar-refractivity contribution in [3.8, 4) is 11.4 Å². The molecular weight excluding hydrogens is 410 g/mol. The molecule has 0 atom stereocenters. The molecule has 31 heavy (non-hydrogen) atoms. The Balaban J connectivity index is 1.47. The molecule has 0 unspecified atom stereocenters. The van der Waals surface area contributed by atoms with Crippen molar-refractivity contribution in [2.24, 2.45) is 0 Å². The normalized spacial score (nSPS) is 10.6. The highest BCUT2D eigenvalue weighted by molar-refractivity contribution is 7.80. The van der Waals surface area contributed by atoms with Gasteiger partial charge in [0.15, 0.2) is 5.11 Å². The van der Waals surface area contributed by atoms with Crippen molar-refractivity contribution in [2.45, 2.75) is 13.3 Å². The van der Waals surface area contributed by atoms with Gasteiger partial charge in [-0.1, -0.05) is 30.3 Å². The third kappa shape index (κ3) is 4.87. The van der Waals surface area contributed by atoms with Gasteiger partial charge in [0.2, 0.25) is 5.91 Å². The van der Waals surface area contributed by atoms with Gasteiger partial charge in [-0.05, 0) is 66.7 Å². The number of aryl methyl sites for hydroxylation is 1. The average Bonchev–Trinajstić information content (AvgIpc) is 3.17. The Labute approximate surface area is 185 Å². The molecule has 1 heterocycles. The van der Waals surface area contributed by atoms with Crippen molar-refractivity contribution < 1.29 is 9.53 Å². The van der Waals surface area contributed by atoms with Crippen LogP contribution in [0.3, 0.4) is 0 Å². The molecule has 0 spiro atoms. The second-order valence-electron chi connectivity index (χ2n) is 7.01. The summed E-state index contributed by atoms with van der Waals surface area (Å²) in [5.41, 5.74) is 4.93. The third-order valence-electron chi connectivity index (χ3n) is 4.74. The molecule has 1 aromatic heterocycles. The topological polar surface area (TPSA) is 81.1 Å². The van der Waals surface area contributed by atoms with E-state index in [-0.39, 0.29) is 17.4 Å². The van der Waals surface area contributed by atoms with E-state index >= 15 is 0 Å². The largest absolute Gasteiger partial charge is 0.497 e. The molecule has 4 aromatic rings. The Morgan fingerprint density at radius 1 is 1.03 bits per heavy atom. The van der Waals surface area contributed by atoms with Crippen molar-refractivity contribution in [1.82, 2.24) is 20.3 Å². The fourth-order valence-corrected chi connectivity index (χ4v) is 3.36. The van der Waals surface area contributed by atoms with Crippen molar-refractivity contribution in [2.75, 3.05) is 12.4 Å². The van der Waals surface area contributed by atoms with Crippen LogP contribution in [0.25, 0.3) is 16.7 Å². The second kappa shape index (κ2) is 8.93. The first-order chi connectivity index (χ1) is 15.0. The number of benzene rings is 3. The Bertz CT molecular complexity index is 1240. The summed E-state index contributed by atoms with van der Waals surface area (Å²) in [5, 5.41) is 15.2. The average molecular weight is 432 g/mol. The number of methoxy groups -OCH3 is 1. The molecule has 156 valence electrons. The molecule has 0 bridgehead atoms. The van der Waals surface area contributed by atoms with Crippen LogP contribution in [0.2, 0.25) is 0 Å². The molecule has 3 aromatic carbocycles. The number of amides is 1. The first-order valence-corrected chi connectivity index (χ1v) is 10.1. The standard InChI is InChI=1S/C23H21N5O2S/c1-15-12-20-21(27-28(26-20)17-8-10-18(30-2)11-9-17)14-19(15)24-23(31)25-22(29)13-16-6-4-3-5-7-16/h3-12,14H,13H2,1-2H3,(H2,24,25,29,31). The Hall–Kier alpha value is -3.78. The Kier molecular flexibility index (Phi) is 5.90. The van der Waals surface area contributed by atoms with Crippen molar-refractivity contribution in [3.05, 3.63) is 77.9 Å². The summed E-state index contributed by atoms with van der Waals surface area (Å²) >= 11 is 5.32. The van der Waals surface area contributed by atoms with E-state index in [0.29, 0.717) is 5.52 Å². The molecule has 8 heteroatoms. The van der Waals surface area contributed by atoms with Gasteiger partial charge < -0.3 is 15.4 Å². The SMILES string of the molecule is COc1ccc(-n2nc3cc(C)c(NC(=S)NC(=O)Cc4ccccc4)cc3n2)cc1. The van der Waals surface area contributed by atoms with Crippen molar-refractivity contribution in [3.63, 3.8) is 0 Å². The lowest BCUT2D eigenvalue weighted by molar-refractivity contribution is -0.119. The molecule has 0 aliphatic carbocycles. The van der Waals surface area contributed by atoms with Crippen LogP contribution in [0.4, 0.5) is 5.69 Å². The molecular formula is C23H21N5O2S. The van der Waals surface area contributed by atoms with Crippen LogP contribution in [0.15, 0.2) is 66.7 Å². The first-order valence-electron chi connectivity index (χ1n) is 9.69. The van der Waals surface area contributed by atoms with Gasteiger partial charge in [0.05, 0.1) is 19.2 Å². The third-order valence-corrected chi connectivity index (χ3v) is 4.94. The number of carbonyl (C=O) groups excluding carboxylic acids is 1. The highest BCUT2D eigenvalue weighted by Crippen LogP contribution is 2.22. The van der Waals surface area contributed by atoms with Crippen LogP contribution in [0.1, 0.15) is 11.1 Å².